The number of hydrogen-bond donors (Lipinski definition) is 2. The minimum atomic E-state index is -0.849. The van der Waals surface area contributed by atoms with Gasteiger partial charge in [-0.1, -0.05) is 78.9 Å². The zero-order chi connectivity index (χ0) is 31.7. The molecule has 1 heterocycles. The number of hydrogen-bond acceptors (Lipinski definition) is 5. The molecule has 3 amide bonds. The van der Waals surface area contributed by atoms with Crippen LogP contribution in [0.5, 0.6) is 0 Å². The smallest absolute Gasteiger partial charge is 0.246 e. The van der Waals surface area contributed by atoms with Crippen molar-refractivity contribution < 1.29 is 19.1 Å². The second-order valence-corrected chi connectivity index (χ2v) is 12.4. The van der Waals surface area contributed by atoms with Crippen molar-refractivity contribution in [1.82, 2.24) is 15.1 Å². The Kier molecular flexibility index (Phi) is 11.3. The number of amides is 3. The van der Waals surface area contributed by atoms with E-state index in [0.29, 0.717) is 32.4 Å². The third-order valence-electron chi connectivity index (χ3n) is 8.22. The van der Waals surface area contributed by atoms with E-state index < -0.39 is 17.6 Å². The molecule has 1 unspecified atom stereocenters. The van der Waals surface area contributed by atoms with Gasteiger partial charge in [0, 0.05) is 45.6 Å². The van der Waals surface area contributed by atoms with E-state index in [1.165, 1.54) is 15.9 Å². The molecule has 8 heteroatoms. The second kappa shape index (κ2) is 15.1. The lowest BCUT2D eigenvalue weighted by Gasteiger charge is -2.34. The quantitative estimate of drug-likeness (QED) is 0.286. The Labute approximate surface area is 261 Å². The van der Waals surface area contributed by atoms with Gasteiger partial charge in [0.15, 0.2) is 0 Å². The predicted octanol–water partition coefficient (Wildman–Crippen LogP) is 4.26. The Morgan fingerprint density at radius 1 is 0.955 bits per heavy atom. The van der Waals surface area contributed by atoms with Crippen LogP contribution in [0.15, 0.2) is 84.9 Å². The standard InChI is InChI=1S/C36H46N4O4/c1-36(2,37)21-11-20-33(41)39(3)32(24-28-17-10-16-27-15-8-9-19-30(27)28)35(43)40(4)31(23-26-13-6-5-7-14-26)34(42)38-25-29-18-12-22-44-29/h5-11,13-17,19-20,29,31-32H,12,18,21-25,37H2,1-4H3,(H,38,42)/b20-11-/t29?,31-,32-/m1/s1. The van der Waals surface area contributed by atoms with Gasteiger partial charge in [-0.3, -0.25) is 14.4 Å². The Hall–Kier alpha value is -4.01. The highest BCUT2D eigenvalue weighted by atomic mass is 16.5. The molecule has 3 aromatic rings. The van der Waals surface area contributed by atoms with Crippen LogP contribution in [0.4, 0.5) is 0 Å². The van der Waals surface area contributed by atoms with Gasteiger partial charge in [-0.2, -0.15) is 0 Å². The molecule has 3 atom stereocenters. The first kappa shape index (κ1) is 32.9. The fourth-order valence-corrected chi connectivity index (χ4v) is 5.57. The first-order valence-electron chi connectivity index (χ1n) is 15.4. The van der Waals surface area contributed by atoms with E-state index >= 15 is 0 Å². The van der Waals surface area contributed by atoms with Crippen molar-refractivity contribution in [2.24, 2.45) is 5.73 Å². The van der Waals surface area contributed by atoms with Crippen molar-refractivity contribution in [2.45, 2.75) is 69.7 Å². The maximum absolute atomic E-state index is 14.4. The van der Waals surface area contributed by atoms with Crippen molar-refractivity contribution >= 4 is 28.5 Å². The summed E-state index contributed by atoms with van der Waals surface area (Å²) < 4.78 is 5.71. The molecule has 0 saturated carbocycles. The van der Waals surface area contributed by atoms with Gasteiger partial charge in [-0.05, 0) is 61.1 Å². The first-order chi connectivity index (χ1) is 21.0. The Bertz CT molecular complexity index is 1440. The van der Waals surface area contributed by atoms with Crippen molar-refractivity contribution in [2.75, 3.05) is 27.2 Å². The molecule has 1 saturated heterocycles. The van der Waals surface area contributed by atoms with Gasteiger partial charge in [-0.25, -0.2) is 0 Å². The average Bonchev–Trinajstić information content (AvgIpc) is 3.54. The average molecular weight is 599 g/mol. The molecule has 0 radical (unpaired) electrons. The maximum Gasteiger partial charge on any atom is 0.246 e. The number of fused-ring (bicyclic) bond motifs is 1. The number of carbonyl (C=O) groups is 3. The summed E-state index contributed by atoms with van der Waals surface area (Å²) in [6.07, 6.45) is 6.21. The summed E-state index contributed by atoms with van der Waals surface area (Å²) in [5.41, 5.74) is 7.53. The number of likely N-dealkylation sites (N-methyl/N-ethyl adjacent to an activating group) is 2. The van der Waals surface area contributed by atoms with Crippen molar-refractivity contribution in [3.8, 4) is 0 Å². The summed E-state index contributed by atoms with van der Waals surface area (Å²) in [5, 5.41) is 5.10. The molecule has 0 aliphatic carbocycles. The lowest BCUT2D eigenvalue weighted by Crippen LogP contribution is -2.56. The lowest BCUT2D eigenvalue weighted by molar-refractivity contribution is -0.146. The number of rotatable bonds is 13. The van der Waals surface area contributed by atoms with Crippen LogP contribution in [-0.4, -0.2) is 78.5 Å². The summed E-state index contributed by atoms with van der Waals surface area (Å²) in [6, 6.07) is 22.0. The predicted molar refractivity (Wildman–Crippen MR) is 175 cm³/mol. The van der Waals surface area contributed by atoms with E-state index in [4.69, 9.17) is 10.5 Å². The summed E-state index contributed by atoms with van der Waals surface area (Å²) in [5.74, 6) is -0.860. The molecule has 3 aromatic carbocycles. The third-order valence-corrected chi connectivity index (χ3v) is 8.22. The molecule has 0 bridgehead atoms. The van der Waals surface area contributed by atoms with E-state index in [1.54, 1.807) is 20.2 Å². The summed E-state index contributed by atoms with van der Waals surface area (Å²) in [4.78, 5) is 44.5. The van der Waals surface area contributed by atoms with Crippen molar-refractivity contribution in [1.29, 1.82) is 0 Å². The van der Waals surface area contributed by atoms with Gasteiger partial charge in [-0.15, -0.1) is 0 Å². The van der Waals surface area contributed by atoms with Gasteiger partial charge in [0.25, 0.3) is 0 Å². The number of nitrogens with two attached hydrogens (primary N) is 1. The van der Waals surface area contributed by atoms with E-state index in [2.05, 4.69) is 5.32 Å². The van der Waals surface area contributed by atoms with E-state index in [9.17, 15) is 14.4 Å². The summed E-state index contributed by atoms with van der Waals surface area (Å²) >= 11 is 0. The highest BCUT2D eigenvalue weighted by molar-refractivity contribution is 5.95. The third kappa shape index (κ3) is 9.00. The molecule has 4 rings (SSSR count). The van der Waals surface area contributed by atoms with E-state index in [0.717, 1.165) is 34.7 Å². The number of carbonyl (C=O) groups excluding carboxylic acids is 3. The minimum Gasteiger partial charge on any atom is -0.376 e. The molecule has 234 valence electrons. The van der Waals surface area contributed by atoms with Crippen LogP contribution in [0, 0.1) is 0 Å². The molecule has 3 N–H and O–H groups in total. The molecule has 0 spiro atoms. The number of benzene rings is 3. The highest BCUT2D eigenvalue weighted by Gasteiger charge is 2.35. The Morgan fingerprint density at radius 2 is 1.66 bits per heavy atom. The van der Waals surface area contributed by atoms with Gasteiger partial charge in [0.2, 0.25) is 17.7 Å². The molecule has 1 aliphatic rings. The Balaban J connectivity index is 1.64. The monoisotopic (exact) mass is 598 g/mol. The second-order valence-electron chi connectivity index (χ2n) is 12.4. The normalized spacial score (nSPS) is 16.5. The molecule has 1 fully saturated rings. The SMILES string of the molecule is CN(C(=O)/C=C\CC(C)(C)N)[C@H](Cc1cccc2ccccc12)C(=O)N(C)[C@H](Cc1ccccc1)C(=O)NCC1CCCO1. The molecule has 1 aliphatic heterocycles. The van der Waals surface area contributed by atoms with Crippen LogP contribution < -0.4 is 11.1 Å². The number of nitrogens with one attached hydrogen (secondary N) is 1. The molecule has 44 heavy (non-hydrogen) atoms. The zero-order valence-corrected chi connectivity index (χ0v) is 26.4. The summed E-state index contributed by atoms with van der Waals surface area (Å²) in [7, 11) is 3.30. The molecule has 0 aromatic heterocycles. The highest BCUT2D eigenvalue weighted by Crippen LogP contribution is 2.23. The van der Waals surface area contributed by atoms with E-state index in [1.807, 2.05) is 86.6 Å². The van der Waals surface area contributed by atoms with E-state index in [-0.39, 0.29) is 23.8 Å². The van der Waals surface area contributed by atoms with Crippen LogP contribution in [-0.2, 0) is 32.0 Å². The lowest BCUT2D eigenvalue weighted by atomic mass is 9.96. The van der Waals surface area contributed by atoms with Gasteiger partial charge in [0.1, 0.15) is 12.1 Å². The van der Waals surface area contributed by atoms with Crippen LogP contribution in [0.3, 0.4) is 0 Å². The topological polar surface area (TPSA) is 105 Å². The van der Waals surface area contributed by atoms with Gasteiger partial charge < -0.3 is 25.6 Å². The summed E-state index contributed by atoms with van der Waals surface area (Å²) in [6.45, 7) is 4.88. The minimum absolute atomic E-state index is 0.0227. The Morgan fingerprint density at radius 3 is 2.36 bits per heavy atom. The zero-order valence-electron chi connectivity index (χ0n) is 26.4. The molecular weight excluding hydrogens is 552 g/mol. The number of nitrogens with zero attached hydrogens (tertiary/aromatic N) is 2. The van der Waals surface area contributed by atoms with Gasteiger partial charge in [0.05, 0.1) is 6.10 Å². The van der Waals surface area contributed by atoms with Crippen LogP contribution in [0.1, 0.15) is 44.2 Å². The molecule has 8 nitrogen and oxygen atoms in total. The maximum atomic E-state index is 14.4. The van der Waals surface area contributed by atoms with Crippen LogP contribution >= 0.6 is 0 Å². The van der Waals surface area contributed by atoms with Crippen LogP contribution in [0.2, 0.25) is 0 Å². The van der Waals surface area contributed by atoms with Crippen molar-refractivity contribution in [3.05, 3.63) is 96.1 Å². The fraction of sp³-hybridized carbons (Fsp3) is 0.417. The fourth-order valence-electron chi connectivity index (χ4n) is 5.57. The number of ether oxygens (including phenoxy) is 1. The van der Waals surface area contributed by atoms with Crippen molar-refractivity contribution in [3.63, 3.8) is 0 Å². The van der Waals surface area contributed by atoms with Gasteiger partial charge >= 0.3 is 0 Å². The van der Waals surface area contributed by atoms with Crippen LogP contribution in [0.25, 0.3) is 10.8 Å². The first-order valence-corrected chi connectivity index (χ1v) is 15.4. The largest absolute Gasteiger partial charge is 0.376 e. The molecular formula is C36H46N4O4.